The van der Waals surface area contributed by atoms with Crippen molar-refractivity contribution in [1.29, 1.82) is 0 Å². The zero-order valence-electron chi connectivity index (χ0n) is 22.7. The van der Waals surface area contributed by atoms with Gasteiger partial charge in [0.2, 0.25) is 5.95 Å². The Bertz CT molecular complexity index is 1390. The molecule has 0 bridgehead atoms. The number of nitrogens with two attached hydrogens (primary N) is 1. The second-order valence-electron chi connectivity index (χ2n) is 9.58. The van der Waals surface area contributed by atoms with Crippen molar-refractivity contribution in [3.63, 3.8) is 0 Å². The van der Waals surface area contributed by atoms with Crippen molar-refractivity contribution in [3.05, 3.63) is 30.5 Å². The zero-order valence-corrected chi connectivity index (χ0v) is 22.7. The number of esters is 2. The molecule has 15 heteroatoms. The number of hydrogen-bond donors (Lipinski definition) is 3. The highest BCUT2D eigenvalue weighted by Gasteiger charge is 2.30. The van der Waals surface area contributed by atoms with Crippen LogP contribution in [0.5, 0.6) is 5.75 Å². The highest BCUT2D eigenvalue weighted by Crippen LogP contribution is 2.23. The van der Waals surface area contributed by atoms with Crippen LogP contribution < -0.4 is 26.2 Å². The lowest BCUT2D eigenvalue weighted by Crippen LogP contribution is -2.47. The maximum Gasteiger partial charge on any atom is 0.344 e. The fourth-order valence-corrected chi connectivity index (χ4v) is 4.71. The second kappa shape index (κ2) is 12.7. The molecule has 0 unspecified atom stereocenters. The summed E-state index contributed by atoms with van der Waals surface area (Å²) in [6.07, 6.45) is 1.34. The van der Waals surface area contributed by atoms with Gasteiger partial charge in [-0.15, -0.1) is 0 Å². The molecule has 1 amide bonds. The number of piperazine rings is 1. The van der Waals surface area contributed by atoms with E-state index in [-0.39, 0.29) is 24.9 Å². The molecule has 0 saturated carbocycles. The fourth-order valence-electron chi connectivity index (χ4n) is 4.71. The van der Waals surface area contributed by atoms with Crippen LogP contribution in [0.3, 0.4) is 0 Å². The van der Waals surface area contributed by atoms with Crippen LogP contribution in [0.25, 0.3) is 11.0 Å². The van der Waals surface area contributed by atoms with Crippen LogP contribution >= 0.6 is 0 Å². The molecule has 3 aromatic rings. The van der Waals surface area contributed by atoms with E-state index in [9.17, 15) is 14.4 Å². The number of carbonyl (C=O) groups is 3. The molecule has 2 aromatic heterocycles. The van der Waals surface area contributed by atoms with Crippen molar-refractivity contribution in [1.82, 2.24) is 30.1 Å². The number of nitrogens with one attached hydrogen (secondary N) is 2. The highest BCUT2D eigenvalue weighted by molar-refractivity contribution is 5.90. The number of rotatable bonds is 11. The second-order valence-corrected chi connectivity index (χ2v) is 9.58. The summed E-state index contributed by atoms with van der Waals surface area (Å²) >= 11 is 0. The van der Waals surface area contributed by atoms with E-state index in [1.54, 1.807) is 17.8 Å². The first-order valence-electron chi connectivity index (χ1n) is 13.5. The first-order chi connectivity index (χ1) is 19.9. The monoisotopic (exact) mass is 567 g/mol. The standard InChI is InChI=1S/C26H33N9O6/c1-2-39-22(37)16-40-18-5-3-17(4-6-18)34-12-9-33(10-13-34)11-14-35-24-19(15-28-35)23(29-26(27)30-24)31-32-25(38)20-7-8-21(36)41-20/h3-6,15,20H,2,7-14,16H2,1H3,(H,32,38)(H3,27,29,30,31)/t20-/m1/s1. The molecule has 2 aliphatic rings. The molecule has 1 aromatic carbocycles. The van der Waals surface area contributed by atoms with Crippen molar-refractivity contribution in [3.8, 4) is 5.75 Å². The Morgan fingerprint density at radius 3 is 2.61 bits per heavy atom. The van der Waals surface area contributed by atoms with Crippen molar-refractivity contribution in [2.24, 2.45) is 0 Å². The molecule has 41 heavy (non-hydrogen) atoms. The van der Waals surface area contributed by atoms with Crippen molar-refractivity contribution in [2.75, 3.05) is 62.0 Å². The summed E-state index contributed by atoms with van der Waals surface area (Å²) in [6, 6.07) is 7.69. The van der Waals surface area contributed by atoms with Gasteiger partial charge in [-0.3, -0.25) is 25.3 Å². The Kier molecular flexibility index (Phi) is 8.62. The number of amides is 1. The summed E-state index contributed by atoms with van der Waals surface area (Å²) in [5, 5.41) is 5.06. The molecule has 4 heterocycles. The average molecular weight is 568 g/mol. The smallest absolute Gasteiger partial charge is 0.344 e. The Morgan fingerprint density at radius 1 is 1.12 bits per heavy atom. The lowest BCUT2D eigenvalue weighted by molar-refractivity contribution is -0.147. The number of fused-ring (bicyclic) bond motifs is 1. The number of ether oxygens (including phenoxy) is 3. The third-order valence-electron chi connectivity index (χ3n) is 6.86. The normalized spacial score (nSPS) is 17.3. The first kappa shape index (κ1) is 27.9. The van der Waals surface area contributed by atoms with Crippen molar-refractivity contribution < 1.29 is 28.6 Å². The molecule has 4 N–H and O–H groups in total. The number of nitrogens with zero attached hydrogens (tertiary/aromatic N) is 6. The lowest BCUT2D eigenvalue weighted by Gasteiger charge is -2.36. The van der Waals surface area contributed by atoms with E-state index in [2.05, 4.69) is 35.7 Å². The molecule has 0 spiro atoms. The molecule has 2 fully saturated rings. The topological polar surface area (TPSA) is 179 Å². The Labute approximate surface area is 235 Å². The van der Waals surface area contributed by atoms with E-state index in [0.717, 1.165) is 38.4 Å². The minimum atomic E-state index is -0.830. The number of hydrogen-bond acceptors (Lipinski definition) is 13. The summed E-state index contributed by atoms with van der Waals surface area (Å²) in [5.41, 5.74) is 12.9. The Morgan fingerprint density at radius 2 is 1.90 bits per heavy atom. The van der Waals surface area contributed by atoms with Crippen LogP contribution in [-0.4, -0.2) is 94.5 Å². The minimum absolute atomic E-state index is 0.0363. The van der Waals surface area contributed by atoms with Crippen LogP contribution in [0.4, 0.5) is 17.5 Å². The molecule has 2 saturated heterocycles. The van der Waals surface area contributed by atoms with Gasteiger partial charge in [0.15, 0.2) is 24.2 Å². The van der Waals surface area contributed by atoms with Gasteiger partial charge >= 0.3 is 11.9 Å². The molecule has 1 atom stereocenters. The number of hydrazine groups is 1. The predicted octanol–water partition coefficient (Wildman–Crippen LogP) is 0.321. The third kappa shape index (κ3) is 6.92. The van der Waals surface area contributed by atoms with E-state index < -0.39 is 18.0 Å². The van der Waals surface area contributed by atoms with Gasteiger partial charge < -0.3 is 24.8 Å². The number of carbonyl (C=O) groups excluding carboxylic acids is 3. The fraction of sp³-hybridized carbons (Fsp3) is 0.462. The third-order valence-corrected chi connectivity index (χ3v) is 6.86. The van der Waals surface area contributed by atoms with Crippen LogP contribution in [0, 0.1) is 0 Å². The first-order valence-corrected chi connectivity index (χ1v) is 13.5. The van der Waals surface area contributed by atoms with Crippen LogP contribution in [0.2, 0.25) is 0 Å². The summed E-state index contributed by atoms with van der Waals surface area (Å²) in [6.45, 7) is 6.82. The maximum absolute atomic E-state index is 12.3. The van der Waals surface area contributed by atoms with E-state index >= 15 is 0 Å². The number of cyclic esters (lactones) is 1. The van der Waals surface area contributed by atoms with E-state index in [1.165, 1.54) is 0 Å². The Balaban J connectivity index is 1.11. The van der Waals surface area contributed by atoms with Gasteiger partial charge in [-0.1, -0.05) is 0 Å². The molecule has 5 rings (SSSR count). The highest BCUT2D eigenvalue weighted by atomic mass is 16.6. The molecule has 0 aliphatic carbocycles. The van der Waals surface area contributed by atoms with Gasteiger partial charge in [0.25, 0.3) is 5.91 Å². The summed E-state index contributed by atoms with van der Waals surface area (Å²) in [4.78, 5) is 48.2. The lowest BCUT2D eigenvalue weighted by atomic mass is 10.2. The van der Waals surface area contributed by atoms with Crippen molar-refractivity contribution in [2.45, 2.75) is 32.4 Å². The molecular formula is C26H33N9O6. The SMILES string of the molecule is CCOC(=O)COc1ccc(N2CCN(CCn3ncc4c(NNC(=O)[C@H]5CCC(=O)O5)nc(N)nc43)CC2)cc1. The number of benzene rings is 1. The van der Waals surface area contributed by atoms with Crippen LogP contribution in [-0.2, 0) is 30.4 Å². The summed E-state index contributed by atoms with van der Waals surface area (Å²) < 4.78 is 17.1. The average Bonchev–Trinajstić information content (AvgIpc) is 3.60. The summed E-state index contributed by atoms with van der Waals surface area (Å²) in [5.74, 6) is -0.282. The molecule has 15 nitrogen and oxygen atoms in total. The number of anilines is 3. The van der Waals surface area contributed by atoms with Gasteiger partial charge in [0, 0.05) is 51.3 Å². The molecular weight excluding hydrogens is 534 g/mol. The summed E-state index contributed by atoms with van der Waals surface area (Å²) in [7, 11) is 0. The van der Waals surface area contributed by atoms with E-state index in [4.69, 9.17) is 19.9 Å². The maximum atomic E-state index is 12.3. The van der Waals surface area contributed by atoms with Crippen LogP contribution in [0.15, 0.2) is 30.5 Å². The quantitative estimate of drug-likeness (QED) is 0.213. The molecule has 218 valence electrons. The van der Waals surface area contributed by atoms with E-state index in [0.29, 0.717) is 42.2 Å². The number of aromatic nitrogens is 4. The van der Waals surface area contributed by atoms with Gasteiger partial charge in [0.1, 0.15) is 5.75 Å². The molecule has 2 aliphatic heterocycles. The van der Waals surface area contributed by atoms with Gasteiger partial charge in [-0.05, 0) is 31.2 Å². The Hall–Kier alpha value is -4.66. The van der Waals surface area contributed by atoms with Crippen molar-refractivity contribution >= 4 is 46.3 Å². The van der Waals surface area contributed by atoms with Crippen LogP contribution in [0.1, 0.15) is 19.8 Å². The molecule has 0 radical (unpaired) electrons. The largest absolute Gasteiger partial charge is 0.482 e. The zero-order chi connectivity index (χ0) is 28.8. The van der Waals surface area contributed by atoms with Gasteiger partial charge in [0.05, 0.1) is 24.7 Å². The van der Waals surface area contributed by atoms with E-state index in [1.807, 2.05) is 24.3 Å². The van der Waals surface area contributed by atoms with Gasteiger partial charge in [-0.2, -0.15) is 15.1 Å². The van der Waals surface area contributed by atoms with Gasteiger partial charge in [-0.25, -0.2) is 9.48 Å². The minimum Gasteiger partial charge on any atom is -0.482 e. The number of nitrogen functional groups attached to an aromatic ring is 1. The predicted molar refractivity (Wildman–Crippen MR) is 148 cm³/mol.